The number of ether oxygens (including phenoxy) is 2. The van der Waals surface area contributed by atoms with E-state index in [4.69, 9.17) is 9.47 Å². The summed E-state index contributed by atoms with van der Waals surface area (Å²) in [5, 5.41) is 22.0. The number of phenolic OH excluding ortho intramolecular Hbond substituents is 1. The van der Waals surface area contributed by atoms with Crippen LogP contribution in [0.3, 0.4) is 0 Å². The molecule has 5 atom stereocenters. The lowest BCUT2D eigenvalue weighted by molar-refractivity contribution is -0.175. The van der Waals surface area contributed by atoms with Crippen molar-refractivity contribution in [1.82, 2.24) is 0 Å². The summed E-state index contributed by atoms with van der Waals surface area (Å²) in [5.74, 6) is -8.22. The number of hydrogen-bond acceptors (Lipinski definition) is 9. The highest BCUT2D eigenvalue weighted by atomic mass is 16.5. The zero-order valence-corrected chi connectivity index (χ0v) is 20.6. The van der Waals surface area contributed by atoms with Crippen LogP contribution in [0.5, 0.6) is 17.2 Å². The third kappa shape index (κ3) is 3.44. The highest BCUT2D eigenvalue weighted by molar-refractivity contribution is 6.31. The Balaban J connectivity index is 1.64. The molecule has 0 radical (unpaired) electrons. The molecule has 5 unspecified atom stereocenters. The zero-order valence-electron chi connectivity index (χ0n) is 20.6. The average Bonchev–Trinajstić information content (AvgIpc) is 2.85. The van der Waals surface area contributed by atoms with E-state index in [0.29, 0.717) is 28.2 Å². The molecule has 2 saturated carbocycles. The molecule has 9 nitrogen and oxygen atoms in total. The van der Waals surface area contributed by atoms with E-state index in [9.17, 15) is 34.2 Å². The van der Waals surface area contributed by atoms with Gasteiger partial charge in [0.25, 0.3) is 0 Å². The Kier molecular flexibility index (Phi) is 5.79. The first-order valence-electron chi connectivity index (χ1n) is 12.0. The third-order valence-corrected chi connectivity index (χ3v) is 8.10. The van der Waals surface area contributed by atoms with Crippen LogP contribution in [0.4, 0.5) is 0 Å². The smallest absolute Gasteiger partial charge is 0.190 e. The van der Waals surface area contributed by atoms with Crippen LogP contribution in [0.25, 0.3) is 11.1 Å². The molecule has 0 aliphatic heterocycles. The minimum absolute atomic E-state index is 0.0542. The molecule has 0 aromatic heterocycles. The summed E-state index contributed by atoms with van der Waals surface area (Å²) in [5.41, 5.74) is -0.916. The van der Waals surface area contributed by atoms with E-state index >= 15 is 0 Å². The Bertz CT molecular complexity index is 1390. The Morgan fingerprint density at radius 2 is 1.70 bits per heavy atom. The van der Waals surface area contributed by atoms with Crippen LogP contribution in [0.15, 0.2) is 30.3 Å². The van der Waals surface area contributed by atoms with Crippen molar-refractivity contribution in [1.29, 1.82) is 0 Å². The van der Waals surface area contributed by atoms with Gasteiger partial charge < -0.3 is 19.7 Å². The molecule has 2 N–H and O–H groups in total. The van der Waals surface area contributed by atoms with Crippen molar-refractivity contribution in [3.05, 3.63) is 41.5 Å². The number of phenols is 1. The number of methoxy groups -OCH3 is 2. The standard InChI is InChI=1S/C28H26O9/c1-12(29)22-20(31)10-14-8-13-9-18-16(17-11-15(36-2)4-7-21(17)37-3)5-6-19(30)24(18)25(32)23(13)27(34)28(14,35)26(22)33/h4-7,11,13-14,22-23,30,35H,8-10H2,1-3H3. The maximum atomic E-state index is 13.8. The number of fused-ring (bicyclic) bond motifs is 3. The van der Waals surface area contributed by atoms with Gasteiger partial charge >= 0.3 is 0 Å². The van der Waals surface area contributed by atoms with Gasteiger partial charge in [-0.2, -0.15) is 0 Å². The number of Topliss-reactive ketones (excluding diaryl/α,β-unsaturated/α-hetero) is 5. The van der Waals surface area contributed by atoms with Gasteiger partial charge in [0.05, 0.1) is 25.7 Å². The molecule has 192 valence electrons. The summed E-state index contributed by atoms with van der Waals surface area (Å²) in [7, 11) is 3.02. The first-order chi connectivity index (χ1) is 17.5. The molecule has 2 aromatic rings. The Hall–Kier alpha value is -3.85. The summed E-state index contributed by atoms with van der Waals surface area (Å²) in [6.07, 6.45) is -0.0592. The highest BCUT2D eigenvalue weighted by Gasteiger charge is 2.65. The minimum Gasteiger partial charge on any atom is -0.507 e. The van der Waals surface area contributed by atoms with Gasteiger partial charge in [0, 0.05) is 17.9 Å². The van der Waals surface area contributed by atoms with E-state index in [1.165, 1.54) is 20.3 Å². The van der Waals surface area contributed by atoms with Crippen molar-refractivity contribution in [2.24, 2.45) is 23.7 Å². The molecule has 2 fully saturated rings. The first-order valence-corrected chi connectivity index (χ1v) is 12.0. The lowest BCUT2D eigenvalue weighted by atomic mass is 9.53. The second-order valence-electron chi connectivity index (χ2n) is 10.00. The molecule has 3 aliphatic rings. The molecule has 0 bridgehead atoms. The van der Waals surface area contributed by atoms with Gasteiger partial charge in [-0.1, -0.05) is 6.07 Å². The Morgan fingerprint density at radius 3 is 2.35 bits per heavy atom. The van der Waals surface area contributed by atoms with E-state index in [0.717, 1.165) is 6.92 Å². The van der Waals surface area contributed by atoms with E-state index in [1.807, 2.05) is 0 Å². The predicted molar refractivity (Wildman–Crippen MR) is 129 cm³/mol. The number of carbonyl (C=O) groups is 5. The molecule has 0 saturated heterocycles. The van der Waals surface area contributed by atoms with Crippen LogP contribution in [0, 0.1) is 23.7 Å². The van der Waals surface area contributed by atoms with Crippen molar-refractivity contribution < 1.29 is 43.7 Å². The lowest BCUT2D eigenvalue weighted by Crippen LogP contribution is -2.67. The molecule has 0 heterocycles. The monoisotopic (exact) mass is 506 g/mol. The minimum atomic E-state index is -2.60. The fourth-order valence-corrected chi connectivity index (χ4v) is 6.37. The quantitative estimate of drug-likeness (QED) is 0.596. The highest BCUT2D eigenvalue weighted by Crippen LogP contribution is 2.51. The maximum Gasteiger partial charge on any atom is 0.190 e. The maximum absolute atomic E-state index is 13.8. The van der Waals surface area contributed by atoms with Crippen LogP contribution in [-0.4, -0.2) is 58.9 Å². The van der Waals surface area contributed by atoms with E-state index in [-0.39, 0.29) is 30.6 Å². The number of aromatic hydroxyl groups is 1. The number of aliphatic hydroxyl groups is 1. The predicted octanol–water partition coefficient (Wildman–Crippen LogP) is 2.11. The molecule has 37 heavy (non-hydrogen) atoms. The van der Waals surface area contributed by atoms with E-state index in [2.05, 4.69) is 0 Å². The Morgan fingerprint density at radius 1 is 0.973 bits per heavy atom. The lowest BCUT2D eigenvalue weighted by Gasteiger charge is -2.48. The van der Waals surface area contributed by atoms with Gasteiger partial charge in [-0.25, -0.2) is 0 Å². The second kappa shape index (κ2) is 8.62. The van der Waals surface area contributed by atoms with Gasteiger partial charge in [-0.3, -0.25) is 24.0 Å². The average molecular weight is 507 g/mol. The first kappa shape index (κ1) is 24.8. The number of hydrogen-bond donors (Lipinski definition) is 2. The molecular formula is C28H26O9. The number of benzene rings is 2. The van der Waals surface area contributed by atoms with Crippen LogP contribution in [-0.2, 0) is 25.6 Å². The van der Waals surface area contributed by atoms with Gasteiger partial charge in [-0.05, 0) is 61.1 Å². The number of ketones is 5. The summed E-state index contributed by atoms with van der Waals surface area (Å²) in [6.45, 7) is 1.06. The summed E-state index contributed by atoms with van der Waals surface area (Å²) >= 11 is 0. The summed E-state index contributed by atoms with van der Waals surface area (Å²) < 4.78 is 10.9. The molecule has 9 heteroatoms. The van der Waals surface area contributed by atoms with Crippen molar-refractivity contribution in [2.45, 2.75) is 31.8 Å². The summed E-state index contributed by atoms with van der Waals surface area (Å²) in [4.78, 5) is 65.1. The summed E-state index contributed by atoms with van der Waals surface area (Å²) in [6, 6.07) is 8.20. The van der Waals surface area contributed by atoms with E-state index in [1.54, 1.807) is 24.3 Å². The third-order valence-electron chi connectivity index (χ3n) is 8.10. The number of carbonyl (C=O) groups excluding carboxylic acids is 5. The van der Waals surface area contributed by atoms with Crippen LogP contribution < -0.4 is 9.47 Å². The van der Waals surface area contributed by atoms with Gasteiger partial charge in [0.15, 0.2) is 28.7 Å². The van der Waals surface area contributed by atoms with Crippen LogP contribution >= 0.6 is 0 Å². The zero-order chi connectivity index (χ0) is 26.8. The van der Waals surface area contributed by atoms with Crippen molar-refractivity contribution >= 4 is 28.9 Å². The largest absolute Gasteiger partial charge is 0.507 e. The van der Waals surface area contributed by atoms with Crippen molar-refractivity contribution in [3.63, 3.8) is 0 Å². The topological polar surface area (TPSA) is 144 Å². The van der Waals surface area contributed by atoms with Gasteiger partial charge in [-0.15, -0.1) is 0 Å². The fourth-order valence-electron chi connectivity index (χ4n) is 6.37. The normalized spacial score (nSPS) is 28.8. The molecule has 2 aromatic carbocycles. The van der Waals surface area contributed by atoms with E-state index < -0.39 is 58.2 Å². The molecule has 3 aliphatic carbocycles. The second-order valence-corrected chi connectivity index (χ2v) is 10.00. The molecule has 0 amide bonds. The molecule has 0 spiro atoms. The molecule has 5 rings (SSSR count). The number of rotatable bonds is 4. The van der Waals surface area contributed by atoms with Crippen LogP contribution in [0.2, 0.25) is 0 Å². The fraction of sp³-hybridized carbons (Fsp3) is 0.393. The van der Waals surface area contributed by atoms with Crippen molar-refractivity contribution in [3.8, 4) is 28.4 Å². The molecular weight excluding hydrogens is 480 g/mol. The van der Waals surface area contributed by atoms with Crippen LogP contribution in [0.1, 0.15) is 35.7 Å². The van der Waals surface area contributed by atoms with Crippen molar-refractivity contribution in [2.75, 3.05) is 14.2 Å². The van der Waals surface area contributed by atoms with Gasteiger partial charge in [0.2, 0.25) is 0 Å². The Labute approximate surface area is 212 Å². The van der Waals surface area contributed by atoms with Gasteiger partial charge in [0.1, 0.15) is 28.9 Å². The SMILES string of the molecule is COc1ccc(OC)c(-c2ccc(O)c3c2CC2CC4CC(=O)C(C(C)=O)C(=O)C4(O)C(=O)C2C3=O)c1.